The quantitative estimate of drug-likeness (QED) is 0.803. The lowest BCUT2D eigenvalue weighted by molar-refractivity contribution is -0.147. The van der Waals surface area contributed by atoms with E-state index in [2.05, 4.69) is 0 Å². The minimum atomic E-state index is -0.284. The maximum Gasteiger partial charge on any atom is 0.410 e. The van der Waals surface area contributed by atoms with Crippen molar-refractivity contribution in [1.82, 2.24) is 4.90 Å². The lowest BCUT2D eigenvalue weighted by atomic mass is 9.85. The van der Waals surface area contributed by atoms with Crippen molar-refractivity contribution < 1.29 is 19.1 Å². The Hall–Kier alpha value is -2.04. The smallest absolute Gasteiger partial charge is 0.410 e. The summed E-state index contributed by atoms with van der Waals surface area (Å²) in [6, 6.07) is 9.62. The summed E-state index contributed by atoms with van der Waals surface area (Å²) in [5.74, 6) is -0.0248. The summed E-state index contributed by atoms with van der Waals surface area (Å²) in [7, 11) is 1.41. The van der Waals surface area contributed by atoms with E-state index in [-0.39, 0.29) is 30.5 Å². The van der Waals surface area contributed by atoms with E-state index >= 15 is 0 Å². The van der Waals surface area contributed by atoms with Gasteiger partial charge in [0, 0.05) is 13.1 Å². The first-order valence-corrected chi connectivity index (χ1v) is 7.65. The molecule has 0 N–H and O–H groups in total. The molecular weight excluding hydrogens is 282 g/mol. The van der Waals surface area contributed by atoms with Crippen LogP contribution in [0.1, 0.15) is 25.3 Å². The molecule has 5 nitrogen and oxygen atoms in total. The van der Waals surface area contributed by atoms with Crippen LogP contribution in [0.5, 0.6) is 0 Å². The average molecular weight is 305 g/mol. The Kier molecular flexibility index (Phi) is 5.81. The average Bonchev–Trinajstić information content (AvgIpc) is 2.59. The van der Waals surface area contributed by atoms with Gasteiger partial charge in [-0.25, -0.2) is 4.79 Å². The van der Waals surface area contributed by atoms with E-state index in [1.54, 1.807) is 4.90 Å². The van der Waals surface area contributed by atoms with Crippen LogP contribution in [0, 0.1) is 11.8 Å². The van der Waals surface area contributed by atoms with Gasteiger partial charge >= 0.3 is 12.1 Å². The zero-order valence-electron chi connectivity index (χ0n) is 13.2. The monoisotopic (exact) mass is 305 g/mol. The molecule has 1 fully saturated rings. The summed E-state index contributed by atoms with van der Waals surface area (Å²) in [4.78, 5) is 25.3. The van der Waals surface area contributed by atoms with Crippen molar-refractivity contribution in [3.8, 4) is 0 Å². The molecule has 0 bridgehead atoms. The number of amides is 1. The van der Waals surface area contributed by atoms with Crippen molar-refractivity contribution >= 4 is 12.1 Å². The lowest BCUT2D eigenvalue weighted by Crippen LogP contribution is -2.41. The van der Waals surface area contributed by atoms with E-state index in [0.717, 1.165) is 18.4 Å². The van der Waals surface area contributed by atoms with Gasteiger partial charge in [-0.3, -0.25) is 4.79 Å². The highest BCUT2D eigenvalue weighted by Crippen LogP contribution is 2.26. The number of likely N-dealkylation sites (tertiary alicyclic amines) is 1. The van der Waals surface area contributed by atoms with E-state index in [0.29, 0.717) is 13.1 Å². The number of esters is 1. The molecule has 120 valence electrons. The number of rotatable bonds is 4. The minimum Gasteiger partial charge on any atom is -0.469 e. The molecule has 1 aliphatic heterocycles. The van der Waals surface area contributed by atoms with Crippen LogP contribution in [0.4, 0.5) is 4.79 Å². The van der Waals surface area contributed by atoms with Gasteiger partial charge < -0.3 is 14.4 Å². The van der Waals surface area contributed by atoms with E-state index in [4.69, 9.17) is 9.47 Å². The molecular formula is C17H23NO4. The second-order valence-electron chi connectivity index (χ2n) is 5.68. The maximum absolute atomic E-state index is 12.1. The standard InChI is InChI=1S/C17H23NO4/c1-13(16(19)21-2)15-8-10-18(11-9-15)17(20)22-12-14-6-4-3-5-7-14/h3-7,13,15H,8-12H2,1-2H3/t13-/m0/s1. The normalized spacial score (nSPS) is 16.9. The number of hydrogen-bond donors (Lipinski definition) is 0. The predicted molar refractivity (Wildman–Crippen MR) is 82.1 cm³/mol. The topological polar surface area (TPSA) is 55.8 Å². The first-order chi connectivity index (χ1) is 10.6. The zero-order valence-corrected chi connectivity index (χ0v) is 13.2. The van der Waals surface area contributed by atoms with Crippen LogP contribution in [0.2, 0.25) is 0 Å². The van der Waals surface area contributed by atoms with Crippen molar-refractivity contribution in [2.45, 2.75) is 26.4 Å². The number of benzene rings is 1. The highest BCUT2D eigenvalue weighted by Gasteiger charge is 2.30. The molecule has 0 radical (unpaired) electrons. The van der Waals surface area contributed by atoms with Crippen LogP contribution in [0.15, 0.2) is 30.3 Å². The highest BCUT2D eigenvalue weighted by atomic mass is 16.6. The molecule has 2 rings (SSSR count). The molecule has 0 saturated carbocycles. The molecule has 1 aromatic carbocycles. The summed E-state index contributed by atoms with van der Waals surface area (Å²) in [6.07, 6.45) is 1.32. The molecule has 1 saturated heterocycles. The number of nitrogens with zero attached hydrogens (tertiary/aromatic N) is 1. The predicted octanol–water partition coefficient (Wildman–Crippen LogP) is 2.84. The Morgan fingerprint density at radius 2 is 1.86 bits per heavy atom. The number of carbonyl (C=O) groups is 2. The van der Waals surface area contributed by atoms with E-state index in [1.807, 2.05) is 37.3 Å². The number of methoxy groups -OCH3 is 1. The Balaban J connectivity index is 1.76. The van der Waals surface area contributed by atoms with Gasteiger partial charge in [0.2, 0.25) is 0 Å². The number of piperidine rings is 1. The van der Waals surface area contributed by atoms with Crippen molar-refractivity contribution in [2.24, 2.45) is 11.8 Å². The fraction of sp³-hybridized carbons (Fsp3) is 0.529. The Labute approximate surface area is 131 Å². The van der Waals surface area contributed by atoms with Crippen LogP contribution >= 0.6 is 0 Å². The molecule has 1 heterocycles. The van der Waals surface area contributed by atoms with Gasteiger partial charge in [-0.1, -0.05) is 37.3 Å². The summed E-state index contributed by atoms with van der Waals surface area (Å²) in [6.45, 7) is 3.43. The number of carbonyl (C=O) groups excluding carboxylic acids is 2. The fourth-order valence-electron chi connectivity index (χ4n) is 2.77. The van der Waals surface area contributed by atoms with Crippen LogP contribution < -0.4 is 0 Å². The van der Waals surface area contributed by atoms with Crippen molar-refractivity contribution in [3.05, 3.63) is 35.9 Å². The summed E-state index contributed by atoms with van der Waals surface area (Å²) in [5.41, 5.74) is 0.977. The van der Waals surface area contributed by atoms with Gasteiger partial charge in [0.1, 0.15) is 6.61 Å². The van der Waals surface area contributed by atoms with Gasteiger partial charge in [-0.05, 0) is 24.3 Å². The molecule has 22 heavy (non-hydrogen) atoms. The fourth-order valence-corrected chi connectivity index (χ4v) is 2.77. The summed E-state index contributed by atoms with van der Waals surface area (Å²) in [5, 5.41) is 0. The molecule has 5 heteroatoms. The number of hydrogen-bond acceptors (Lipinski definition) is 4. The van der Waals surface area contributed by atoms with E-state index in [1.165, 1.54) is 7.11 Å². The van der Waals surface area contributed by atoms with E-state index < -0.39 is 0 Å². The molecule has 0 unspecified atom stereocenters. The van der Waals surface area contributed by atoms with E-state index in [9.17, 15) is 9.59 Å². The zero-order chi connectivity index (χ0) is 15.9. The lowest BCUT2D eigenvalue weighted by Gasteiger charge is -2.33. The minimum absolute atomic E-state index is 0.118. The third kappa shape index (κ3) is 4.23. The van der Waals surface area contributed by atoms with Crippen LogP contribution in [0.3, 0.4) is 0 Å². The maximum atomic E-state index is 12.1. The van der Waals surface area contributed by atoms with Crippen molar-refractivity contribution in [1.29, 1.82) is 0 Å². The molecule has 0 aromatic heterocycles. The third-order valence-electron chi connectivity index (χ3n) is 4.28. The SMILES string of the molecule is COC(=O)[C@@H](C)C1CCN(C(=O)OCc2ccccc2)CC1. The molecule has 0 aliphatic carbocycles. The second-order valence-corrected chi connectivity index (χ2v) is 5.68. The first-order valence-electron chi connectivity index (χ1n) is 7.65. The van der Waals surface area contributed by atoms with Crippen molar-refractivity contribution in [3.63, 3.8) is 0 Å². The van der Waals surface area contributed by atoms with Gasteiger partial charge in [0.15, 0.2) is 0 Å². The summed E-state index contributed by atoms with van der Waals surface area (Å²) >= 11 is 0. The van der Waals surface area contributed by atoms with Crippen LogP contribution in [-0.4, -0.2) is 37.2 Å². The second kappa shape index (κ2) is 7.82. The van der Waals surface area contributed by atoms with Crippen LogP contribution in [0.25, 0.3) is 0 Å². The Bertz CT molecular complexity index is 495. The molecule has 1 atom stereocenters. The van der Waals surface area contributed by atoms with Gasteiger partial charge in [-0.2, -0.15) is 0 Å². The Morgan fingerprint density at radius 3 is 2.45 bits per heavy atom. The third-order valence-corrected chi connectivity index (χ3v) is 4.28. The first kappa shape index (κ1) is 16.3. The van der Waals surface area contributed by atoms with Gasteiger partial charge in [0.25, 0.3) is 0 Å². The van der Waals surface area contributed by atoms with Crippen LogP contribution in [-0.2, 0) is 20.9 Å². The van der Waals surface area contributed by atoms with Gasteiger partial charge in [-0.15, -0.1) is 0 Å². The number of ether oxygens (including phenoxy) is 2. The molecule has 0 spiro atoms. The Morgan fingerprint density at radius 1 is 1.23 bits per heavy atom. The van der Waals surface area contributed by atoms with Gasteiger partial charge in [0.05, 0.1) is 13.0 Å². The molecule has 1 amide bonds. The summed E-state index contributed by atoms with van der Waals surface area (Å²) < 4.78 is 10.1. The molecule has 1 aliphatic rings. The highest BCUT2D eigenvalue weighted by molar-refractivity contribution is 5.72. The van der Waals surface area contributed by atoms with Crippen molar-refractivity contribution in [2.75, 3.05) is 20.2 Å². The largest absolute Gasteiger partial charge is 0.469 e. The molecule has 1 aromatic rings.